The molecule has 3 rings (SSSR count). The van der Waals surface area contributed by atoms with Crippen LogP contribution in [0, 0.1) is 0 Å². The van der Waals surface area contributed by atoms with Crippen LogP contribution in [-0.4, -0.2) is 23.3 Å². The molecule has 0 saturated carbocycles. The largest absolute Gasteiger partial charge is 0.270 e. The van der Waals surface area contributed by atoms with Crippen LogP contribution in [0.2, 0.25) is 0 Å². The van der Waals surface area contributed by atoms with Crippen molar-refractivity contribution in [3.63, 3.8) is 0 Å². The SMILES string of the molecule is O=C1c2ccccc2C(=O)N1C/C=C/C=C/C=C/c1ccccc1. The van der Waals surface area contributed by atoms with Crippen LogP contribution in [0.25, 0.3) is 6.08 Å². The molecule has 0 aliphatic carbocycles. The van der Waals surface area contributed by atoms with E-state index in [1.807, 2.05) is 60.7 Å². The minimum absolute atomic E-state index is 0.229. The maximum atomic E-state index is 12.2. The number of rotatable bonds is 5. The molecule has 1 aliphatic heterocycles. The molecule has 118 valence electrons. The van der Waals surface area contributed by atoms with Crippen molar-refractivity contribution in [2.45, 2.75) is 0 Å². The molecule has 0 radical (unpaired) electrons. The predicted molar refractivity (Wildman–Crippen MR) is 95.6 cm³/mol. The standard InChI is InChI=1S/C21H17NO2/c23-20-18-14-8-9-15-19(18)21(24)22(20)16-10-3-1-2-5-11-17-12-6-4-7-13-17/h1-15H,16H2/b2-1+,10-3+,11-5+. The van der Waals surface area contributed by atoms with Crippen molar-refractivity contribution >= 4 is 17.9 Å². The fourth-order valence-electron chi connectivity index (χ4n) is 2.51. The number of hydrogen-bond acceptors (Lipinski definition) is 2. The van der Waals surface area contributed by atoms with Crippen molar-refractivity contribution in [2.75, 3.05) is 6.54 Å². The number of hydrogen-bond donors (Lipinski definition) is 0. The van der Waals surface area contributed by atoms with Crippen molar-refractivity contribution in [2.24, 2.45) is 0 Å². The van der Waals surface area contributed by atoms with Crippen molar-refractivity contribution in [1.29, 1.82) is 0 Å². The fraction of sp³-hybridized carbons (Fsp3) is 0.0476. The fourth-order valence-corrected chi connectivity index (χ4v) is 2.51. The van der Waals surface area contributed by atoms with Gasteiger partial charge in [-0.3, -0.25) is 14.5 Å². The zero-order chi connectivity index (χ0) is 16.8. The van der Waals surface area contributed by atoms with E-state index in [4.69, 9.17) is 0 Å². The number of carbonyl (C=O) groups excluding carboxylic acids is 2. The van der Waals surface area contributed by atoms with Crippen molar-refractivity contribution < 1.29 is 9.59 Å². The molecule has 1 aliphatic rings. The van der Waals surface area contributed by atoms with Crippen molar-refractivity contribution in [1.82, 2.24) is 4.90 Å². The van der Waals surface area contributed by atoms with Gasteiger partial charge in [0, 0.05) is 6.54 Å². The highest BCUT2D eigenvalue weighted by atomic mass is 16.2. The lowest BCUT2D eigenvalue weighted by Gasteiger charge is -2.09. The van der Waals surface area contributed by atoms with E-state index in [1.165, 1.54) is 4.90 Å². The molecule has 0 atom stereocenters. The third-order valence-corrected chi connectivity index (χ3v) is 3.72. The predicted octanol–water partition coefficient (Wildman–Crippen LogP) is 4.11. The quantitative estimate of drug-likeness (QED) is 0.615. The van der Waals surface area contributed by atoms with E-state index in [-0.39, 0.29) is 18.4 Å². The summed E-state index contributed by atoms with van der Waals surface area (Å²) in [5, 5.41) is 0. The second-order valence-electron chi connectivity index (χ2n) is 5.35. The lowest BCUT2D eigenvalue weighted by Crippen LogP contribution is -2.29. The molecule has 2 aromatic rings. The summed E-state index contributed by atoms with van der Waals surface area (Å²) in [7, 11) is 0. The first kappa shape index (κ1) is 15.7. The van der Waals surface area contributed by atoms with Crippen LogP contribution in [0.1, 0.15) is 26.3 Å². The zero-order valence-corrected chi connectivity index (χ0v) is 13.1. The van der Waals surface area contributed by atoms with Crippen LogP contribution < -0.4 is 0 Å². The van der Waals surface area contributed by atoms with Crippen LogP contribution in [0.3, 0.4) is 0 Å². The van der Waals surface area contributed by atoms with Crippen LogP contribution >= 0.6 is 0 Å². The second-order valence-corrected chi connectivity index (χ2v) is 5.35. The Hall–Kier alpha value is -3.20. The maximum Gasteiger partial charge on any atom is 0.261 e. The summed E-state index contributed by atoms with van der Waals surface area (Å²) < 4.78 is 0. The number of nitrogens with zero attached hydrogens (tertiary/aromatic N) is 1. The zero-order valence-electron chi connectivity index (χ0n) is 13.1. The Balaban J connectivity index is 1.54. The smallest absolute Gasteiger partial charge is 0.261 e. The summed E-state index contributed by atoms with van der Waals surface area (Å²) >= 11 is 0. The summed E-state index contributed by atoms with van der Waals surface area (Å²) in [5.74, 6) is -0.457. The molecule has 0 bridgehead atoms. The van der Waals surface area contributed by atoms with E-state index in [2.05, 4.69) is 0 Å². The van der Waals surface area contributed by atoms with E-state index in [1.54, 1.807) is 30.3 Å². The van der Waals surface area contributed by atoms with Crippen LogP contribution in [0.15, 0.2) is 85.0 Å². The van der Waals surface area contributed by atoms with Gasteiger partial charge in [0.25, 0.3) is 11.8 Å². The average molecular weight is 315 g/mol. The van der Waals surface area contributed by atoms with E-state index in [0.29, 0.717) is 11.1 Å². The normalized spacial score (nSPS) is 14.4. The lowest BCUT2D eigenvalue weighted by molar-refractivity contribution is 0.0672. The minimum Gasteiger partial charge on any atom is -0.270 e. The summed E-state index contributed by atoms with van der Waals surface area (Å²) in [6.07, 6.45) is 11.4. The van der Waals surface area contributed by atoms with Gasteiger partial charge in [-0.2, -0.15) is 0 Å². The second kappa shape index (κ2) is 7.38. The summed E-state index contributed by atoms with van der Waals surface area (Å²) in [4.78, 5) is 25.6. The van der Waals surface area contributed by atoms with Gasteiger partial charge >= 0.3 is 0 Å². The Morgan fingerprint density at radius 1 is 0.708 bits per heavy atom. The van der Waals surface area contributed by atoms with Gasteiger partial charge in [-0.25, -0.2) is 0 Å². The van der Waals surface area contributed by atoms with Crippen molar-refractivity contribution in [3.05, 3.63) is 102 Å². The number of fused-ring (bicyclic) bond motifs is 1. The highest BCUT2D eigenvalue weighted by Gasteiger charge is 2.33. The Kier molecular flexibility index (Phi) is 4.82. The Bertz CT molecular complexity index is 797. The molecular weight excluding hydrogens is 298 g/mol. The summed E-state index contributed by atoms with van der Waals surface area (Å²) in [6, 6.07) is 16.9. The van der Waals surface area contributed by atoms with E-state index in [9.17, 15) is 9.59 Å². The number of imide groups is 1. The molecule has 0 unspecified atom stereocenters. The average Bonchev–Trinajstić information content (AvgIpc) is 2.87. The molecule has 0 fully saturated rings. The topological polar surface area (TPSA) is 37.4 Å². The first-order valence-corrected chi connectivity index (χ1v) is 7.77. The number of amides is 2. The summed E-state index contributed by atoms with van der Waals surface area (Å²) in [5.41, 5.74) is 2.10. The summed E-state index contributed by atoms with van der Waals surface area (Å²) in [6.45, 7) is 0.277. The molecule has 1 heterocycles. The molecule has 2 amide bonds. The van der Waals surface area contributed by atoms with Gasteiger partial charge in [-0.15, -0.1) is 0 Å². The molecule has 0 aromatic heterocycles. The first-order chi connectivity index (χ1) is 11.8. The molecule has 3 heteroatoms. The maximum absolute atomic E-state index is 12.2. The molecule has 24 heavy (non-hydrogen) atoms. The number of carbonyl (C=O) groups is 2. The van der Waals surface area contributed by atoms with Crippen molar-refractivity contribution in [3.8, 4) is 0 Å². The molecule has 3 nitrogen and oxygen atoms in total. The Labute approximate surface area is 141 Å². The van der Waals surface area contributed by atoms with Crippen LogP contribution in [-0.2, 0) is 0 Å². The van der Waals surface area contributed by atoms with E-state index < -0.39 is 0 Å². The van der Waals surface area contributed by atoms with Crippen LogP contribution in [0.4, 0.5) is 0 Å². The molecular formula is C21H17NO2. The highest BCUT2D eigenvalue weighted by Crippen LogP contribution is 2.21. The van der Waals surface area contributed by atoms with Gasteiger partial charge < -0.3 is 0 Å². The molecule has 0 N–H and O–H groups in total. The molecule has 0 spiro atoms. The number of benzene rings is 2. The van der Waals surface area contributed by atoms with Gasteiger partial charge in [0.2, 0.25) is 0 Å². The van der Waals surface area contributed by atoms with E-state index >= 15 is 0 Å². The Morgan fingerprint density at radius 3 is 1.96 bits per heavy atom. The Morgan fingerprint density at radius 2 is 1.29 bits per heavy atom. The minimum atomic E-state index is -0.229. The lowest BCUT2D eigenvalue weighted by atomic mass is 10.1. The van der Waals surface area contributed by atoms with Crippen LogP contribution in [0.5, 0.6) is 0 Å². The number of allylic oxidation sites excluding steroid dienone is 4. The van der Waals surface area contributed by atoms with Gasteiger partial charge in [0.15, 0.2) is 0 Å². The van der Waals surface area contributed by atoms with Gasteiger partial charge in [0.1, 0.15) is 0 Å². The molecule has 2 aromatic carbocycles. The van der Waals surface area contributed by atoms with Gasteiger partial charge in [-0.1, -0.05) is 78.9 Å². The first-order valence-electron chi connectivity index (χ1n) is 7.77. The highest BCUT2D eigenvalue weighted by molar-refractivity contribution is 6.21. The third-order valence-electron chi connectivity index (χ3n) is 3.72. The monoisotopic (exact) mass is 315 g/mol. The third kappa shape index (κ3) is 3.41. The molecule has 0 saturated heterocycles. The van der Waals surface area contributed by atoms with Gasteiger partial charge in [-0.05, 0) is 17.7 Å². The van der Waals surface area contributed by atoms with E-state index in [0.717, 1.165) is 5.56 Å². The van der Waals surface area contributed by atoms with Gasteiger partial charge in [0.05, 0.1) is 11.1 Å².